The summed E-state index contributed by atoms with van der Waals surface area (Å²) in [7, 11) is 0. The molecular weight excluding hydrogens is 522 g/mol. The van der Waals surface area contributed by atoms with Gasteiger partial charge in [0.05, 0.1) is 10.8 Å². The summed E-state index contributed by atoms with van der Waals surface area (Å²) < 4.78 is 11.9. The van der Waals surface area contributed by atoms with Gasteiger partial charge in [-0.1, -0.05) is 28.6 Å². The highest BCUT2D eigenvalue weighted by molar-refractivity contribution is 6.10. The maximum atomic E-state index is 13.2. The quantitative estimate of drug-likeness (QED) is 0.183. The molecule has 0 aliphatic rings. The van der Waals surface area contributed by atoms with E-state index in [-0.39, 0.29) is 28.7 Å². The number of Topliss-reactive ketones (excluding diaryl/α,β-unsaturated/α-hetero) is 1. The van der Waals surface area contributed by atoms with Crippen molar-refractivity contribution < 1.29 is 33.9 Å². The van der Waals surface area contributed by atoms with Crippen molar-refractivity contribution in [1.82, 2.24) is 25.1 Å². The molecular formula is C27H21N5O8. The van der Waals surface area contributed by atoms with Crippen molar-refractivity contribution >= 4 is 39.6 Å². The van der Waals surface area contributed by atoms with E-state index in [2.05, 4.69) is 20.5 Å². The van der Waals surface area contributed by atoms with Crippen LogP contribution in [0.4, 0.5) is 0 Å². The second kappa shape index (κ2) is 10.7. The lowest BCUT2D eigenvalue weighted by Crippen LogP contribution is -2.43. The number of carbonyl (C=O) groups excluding carboxylic acids is 1. The normalized spacial score (nSPS) is 11.5. The molecule has 0 saturated carbocycles. The fourth-order valence-electron chi connectivity index (χ4n) is 4.23. The van der Waals surface area contributed by atoms with Crippen LogP contribution in [0.2, 0.25) is 0 Å². The first-order valence-electron chi connectivity index (χ1n) is 12.0. The Bertz CT molecular complexity index is 1780. The van der Waals surface area contributed by atoms with Crippen LogP contribution in [0.25, 0.3) is 21.9 Å². The predicted octanol–water partition coefficient (Wildman–Crippen LogP) is 2.73. The zero-order valence-corrected chi connectivity index (χ0v) is 20.8. The molecule has 0 bridgehead atoms. The number of benzene rings is 2. The van der Waals surface area contributed by atoms with Crippen molar-refractivity contribution in [3.8, 4) is 5.75 Å². The number of carbonyl (C=O) groups is 3. The van der Waals surface area contributed by atoms with E-state index in [0.717, 1.165) is 10.2 Å². The van der Waals surface area contributed by atoms with Crippen molar-refractivity contribution in [1.29, 1.82) is 0 Å². The van der Waals surface area contributed by atoms with Gasteiger partial charge in [-0.05, 0) is 36.8 Å². The van der Waals surface area contributed by atoms with Crippen molar-refractivity contribution in [3.05, 3.63) is 88.6 Å². The Kier molecular flexibility index (Phi) is 7.01. The standard InChI is InChI=1S/C27H21N5O8/c33-21(23-19-8-7-17(12-22(19)40-30-23)39-15-16-4-3-10-28-14-16)13-27(25(35)36,26(37)38)9-11-32-24(34)18-5-1-2-6-20(18)29-31-32/h1-8,10,12,14H,9,11,13,15H2,(H,35,36)(H,37,38). The van der Waals surface area contributed by atoms with E-state index in [1.165, 1.54) is 18.2 Å². The van der Waals surface area contributed by atoms with E-state index < -0.39 is 48.1 Å². The Morgan fingerprint density at radius 2 is 1.80 bits per heavy atom. The SMILES string of the molecule is O=C(CC(CCn1nnc2ccccc2c1=O)(C(=O)O)C(=O)O)c1noc2cc(OCc3cccnc3)ccc12. The van der Waals surface area contributed by atoms with E-state index in [1.807, 2.05) is 6.07 Å². The lowest BCUT2D eigenvalue weighted by Gasteiger charge is -2.23. The second-order valence-electron chi connectivity index (χ2n) is 9.02. The summed E-state index contributed by atoms with van der Waals surface area (Å²) in [4.78, 5) is 54.5. The molecule has 0 fully saturated rings. The third-order valence-corrected chi connectivity index (χ3v) is 6.50. The number of aryl methyl sites for hydroxylation is 1. The molecule has 2 N–H and O–H groups in total. The minimum atomic E-state index is -2.57. The van der Waals surface area contributed by atoms with E-state index >= 15 is 0 Å². The molecule has 0 aliphatic heterocycles. The highest BCUT2D eigenvalue weighted by Gasteiger charge is 2.49. The third kappa shape index (κ3) is 4.99. The van der Waals surface area contributed by atoms with Crippen LogP contribution in [0, 0.1) is 5.41 Å². The van der Waals surface area contributed by atoms with Crippen LogP contribution in [-0.4, -0.2) is 53.1 Å². The second-order valence-corrected chi connectivity index (χ2v) is 9.02. The highest BCUT2D eigenvalue weighted by atomic mass is 16.5. The molecule has 3 aromatic heterocycles. The third-order valence-electron chi connectivity index (χ3n) is 6.50. The highest BCUT2D eigenvalue weighted by Crippen LogP contribution is 2.32. The number of pyridine rings is 1. The van der Waals surface area contributed by atoms with E-state index in [9.17, 15) is 29.4 Å². The number of ketones is 1. The van der Waals surface area contributed by atoms with Crippen molar-refractivity contribution in [2.24, 2.45) is 5.41 Å². The minimum absolute atomic E-state index is 0.196. The lowest BCUT2D eigenvalue weighted by molar-refractivity contribution is -0.165. The van der Waals surface area contributed by atoms with Crippen LogP contribution in [0.1, 0.15) is 28.9 Å². The Labute approximate surface area is 224 Å². The zero-order chi connectivity index (χ0) is 28.3. The van der Waals surface area contributed by atoms with Crippen molar-refractivity contribution in [2.45, 2.75) is 26.0 Å². The topological polar surface area (TPSA) is 188 Å². The monoisotopic (exact) mass is 543 g/mol. The number of carboxylic acids is 2. The molecule has 3 heterocycles. The summed E-state index contributed by atoms with van der Waals surface area (Å²) in [6, 6.07) is 14.7. The van der Waals surface area contributed by atoms with Gasteiger partial charge in [0.1, 0.15) is 17.9 Å². The maximum absolute atomic E-state index is 13.2. The summed E-state index contributed by atoms with van der Waals surface area (Å²) in [5.74, 6) is -3.91. The molecule has 0 amide bonds. The van der Waals surface area contributed by atoms with Crippen molar-refractivity contribution in [3.63, 3.8) is 0 Å². The molecule has 5 aromatic rings. The number of rotatable bonds is 11. The summed E-state index contributed by atoms with van der Waals surface area (Å²) in [6.07, 6.45) is 1.75. The number of hydrogen-bond donors (Lipinski definition) is 2. The Morgan fingerprint density at radius 3 is 2.55 bits per heavy atom. The van der Waals surface area contributed by atoms with Crippen LogP contribution in [0.15, 0.2) is 76.3 Å². The summed E-state index contributed by atoms with van der Waals surface area (Å²) in [5, 5.41) is 31.9. The van der Waals surface area contributed by atoms with Gasteiger partial charge in [-0.2, -0.15) is 0 Å². The van der Waals surface area contributed by atoms with E-state index in [0.29, 0.717) is 11.3 Å². The fraction of sp³-hybridized carbons (Fsp3) is 0.185. The average molecular weight is 543 g/mol. The molecule has 0 atom stereocenters. The number of fused-ring (bicyclic) bond motifs is 2. The Balaban J connectivity index is 1.37. The molecule has 0 spiro atoms. The fourth-order valence-corrected chi connectivity index (χ4v) is 4.23. The Hall–Kier alpha value is -5.46. The molecule has 5 rings (SSSR count). The number of hydrogen-bond acceptors (Lipinski definition) is 10. The largest absolute Gasteiger partial charge is 0.489 e. The molecule has 0 radical (unpaired) electrons. The van der Waals surface area contributed by atoms with Crippen molar-refractivity contribution in [2.75, 3.05) is 0 Å². The van der Waals surface area contributed by atoms with Crippen LogP contribution < -0.4 is 10.3 Å². The smallest absolute Gasteiger partial charge is 0.321 e. The van der Waals surface area contributed by atoms with Gasteiger partial charge in [-0.25, -0.2) is 4.68 Å². The lowest BCUT2D eigenvalue weighted by atomic mass is 9.79. The summed E-state index contributed by atoms with van der Waals surface area (Å²) in [5.41, 5.74) is -1.98. The zero-order valence-electron chi connectivity index (χ0n) is 20.8. The molecule has 0 aliphatic carbocycles. The number of ether oxygens (including phenoxy) is 1. The van der Waals surface area contributed by atoms with Gasteiger partial charge in [0.2, 0.25) is 0 Å². The molecule has 13 heteroatoms. The number of aliphatic carboxylic acids is 2. The minimum Gasteiger partial charge on any atom is -0.489 e. The molecule has 40 heavy (non-hydrogen) atoms. The molecule has 2 aromatic carbocycles. The van der Waals surface area contributed by atoms with Gasteiger partial charge in [0, 0.05) is 37.0 Å². The van der Waals surface area contributed by atoms with Crippen LogP contribution in [-0.2, 0) is 22.7 Å². The van der Waals surface area contributed by atoms with Gasteiger partial charge >= 0.3 is 11.9 Å². The van der Waals surface area contributed by atoms with Crippen LogP contribution >= 0.6 is 0 Å². The maximum Gasteiger partial charge on any atom is 0.321 e. The van der Waals surface area contributed by atoms with Gasteiger partial charge in [0.15, 0.2) is 22.5 Å². The summed E-state index contributed by atoms with van der Waals surface area (Å²) in [6.45, 7) is -0.163. The van der Waals surface area contributed by atoms with E-state index in [1.54, 1.807) is 42.7 Å². The number of carboxylic acid groups (broad SMARTS) is 2. The number of aromatic nitrogens is 5. The van der Waals surface area contributed by atoms with Crippen LogP contribution in [0.5, 0.6) is 5.75 Å². The first-order chi connectivity index (χ1) is 19.3. The summed E-state index contributed by atoms with van der Waals surface area (Å²) >= 11 is 0. The molecule has 0 unspecified atom stereocenters. The van der Waals surface area contributed by atoms with Gasteiger partial charge in [0.25, 0.3) is 5.56 Å². The molecule has 202 valence electrons. The first kappa shape index (κ1) is 26.2. The number of nitrogens with zero attached hydrogens (tertiary/aromatic N) is 5. The van der Waals surface area contributed by atoms with Crippen LogP contribution in [0.3, 0.4) is 0 Å². The predicted molar refractivity (Wildman–Crippen MR) is 138 cm³/mol. The van der Waals surface area contributed by atoms with Gasteiger partial charge in [-0.15, -0.1) is 5.10 Å². The molecule has 0 saturated heterocycles. The van der Waals surface area contributed by atoms with Gasteiger partial charge in [-0.3, -0.25) is 24.2 Å². The Morgan fingerprint density at radius 1 is 1.00 bits per heavy atom. The molecule has 13 nitrogen and oxygen atoms in total. The van der Waals surface area contributed by atoms with Gasteiger partial charge < -0.3 is 19.5 Å². The van der Waals surface area contributed by atoms with E-state index in [4.69, 9.17) is 9.26 Å². The first-order valence-corrected chi connectivity index (χ1v) is 12.0. The average Bonchev–Trinajstić information content (AvgIpc) is 3.39.